The number of nitrogens with zero attached hydrogens (tertiary/aromatic N) is 3. The van der Waals surface area contributed by atoms with Gasteiger partial charge in [0.2, 0.25) is 0 Å². The number of benzene rings is 2. The highest BCUT2D eigenvalue weighted by Gasteiger charge is 2.20. The number of H-pyrrole nitrogens is 1. The van der Waals surface area contributed by atoms with E-state index in [0.29, 0.717) is 23.0 Å². The monoisotopic (exact) mass is 471 g/mol. The lowest BCUT2D eigenvalue weighted by atomic mass is 9.99. The number of rotatable bonds is 8. The third-order valence-electron chi connectivity index (χ3n) is 6.95. The number of aromatic nitrogens is 1. The summed E-state index contributed by atoms with van der Waals surface area (Å²) in [6.07, 6.45) is 7.13. The fourth-order valence-electron chi connectivity index (χ4n) is 4.98. The summed E-state index contributed by atoms with van der Waals surface area (Å²) in [6.45, 7) is 3.18. The fourth-order valence-corrected chi connectivity index (χ4v) is 4.98. The second kappa shape index (κ2) is 10.9. The number of allylic oxidation sites excluding steroid dienone is 1. The Balaban J connectivity index is 1.53. The summed E-state index contributed by atoms with van der Waals surface area (Å²) in [5.41, 5.74) is 18.3. The van der Waals surface area contributed by atoms with Gasteiger partial charge in [0, 0.05) is 66.3 Å². The van der Waals surface area contributed by atoms with Gasteiger partial charge in [-0.1, -0.05) is 18.6 Å². The average molecular weight is 472 g/mol. The van der Waals surface area contributed by atoms with Crippen LogP contribution in [0.5, 0.6) is 0 Å². The second-order valence-corrected chi connectivity index (χ2v) is 9.62. The van der Waals surface area contributed by atoms with Crippen LogP contribution in [0, 0.1) is 5.41 Å². The highest BCUT2D eigenvalue weighted by atomic mass is 15.2. The van der Waals surface area contributed by atoms with E-state index in [1.54, 1.807) is 13.3 Å². The number of aliphatic imine (C=N–C) groups is 1. The first-order chi connectivity index (χ1) is 16.9. The van der Waals surface area contributed by atoms with Crippen LogP contribution >= 0.6 is 0 Å². The van der Waals surface area contributed by atoms with Crippen molar-refractivity contribution in [3.05, 3.63) is 71.0 Å². The molecule has 7 heteroatoms. The first-order valence-corrected chi connectivity index (χ1v) is 12.2. The molecule has 3 aromatic rings. The summed E-state index contributed by atoms with van der Waals surface area (Å²) in [7, 11) is 6.15. The van der Waals surface area contributed by atoms with Crippen LogP contribution in [0.25, 0.3) is 16.5 Å². The molecule has 1 aliphatic heterocycles. The van der Waals surface area contributed by atoms with Gasteiger partial charge in [0.15, 0.2) is 0 Å². The highest BCUT2D eigenvalue weighted by molar-refractivity contribution is 6.16. The van der Waals surface area contributed by atoms with Crippen molar-refractivity contribution in [2.24, 2.45) is 10.7 Å². The van der Waals surface area contributed by atoms with E-state index < -0.39 is 0 Å². The van der Waals surface area contributed by atoms with Crippen LogP contribution < -0.4 is 11.5 Å². The molecule has 0 radical (unpaired) electrons. The molecule has 2 aromatic carbocycles. The summed E-state index contributed by atoms with van der Waals surface area (Å²) in [5.74, 6) is 0. The van der Waals surface area contributed by atoms with E-state index in [9.17, 15) is 0 Å². The number of piperidine rings is 1. The minimum Gasteiger partial charge on any atom is -0.404 e. The van der Waals surface area contributed by atoms with Crippen LogP contribution in [-0.2, 0) is 6.54 Å². The van der Waals surface area contributed by atoms with Gasteiger partial charge in [0.05, 0.1) is 11.4 Å². The molecule has 1 saturated heterocycles. The zero-order valence-corrected chi connectivity index (χ0v) is 21.0. The number of nitrogens with one attached hydrogen (secondary N) is 2. The van der Waals surface area contributed by atoms with Gasteiger partial charge in [-0.05, 0) is 74.9 Å². The van der Waals surface area contributed by atoms with Crippen molar-refractivity contribution < 1.29 is 0 Å². The Morgan fingerprint density at radius 3 is 2.80 bits per heavy atom. The van der Waals surface area contributed by atoms with E-state index in [0.717, 1.165) is 40.8 Å². The average Bonchev–Trinajstić information content (AvgIpc) is 3.27. The predicted molar refractivity (Wildman–Crippen MR) is 148 cm³/mol. The van der Waals surface area contributed by atoms with Crippen molar-refractivity contribution in [1.82, 2.24) is 14.8 Å². The number of aromatic amines is 1. The van der Waals surface area contributed by atoms with Crippen LogP contribution in [0.15, 0.2) is 53.7 Å². The van der Waals surface area contributed by atoms with Gasteiger partial charge in [0.25, 0.3) is 0 Å². The van der Waals surface area contributed by atoms with Gasteiger partial charge in [-0.3, -0.25) is 10.4 Å². The first kappa shape index (κ1) is 24.7. The van der Waals surface area contributed by atoms with E-state index in [4.69, 9.17) is 16.9 Å². The van der Waals surface area contributed by atoms with Crippen molar-refractivity contribution in [3.8, 4) is 0 Å². The van der Waals surface area contributed by atoms with Gasteiger partial charge in [-0.2, -0.15) is 0 Å². The van der Waals surface area contributed by atoms with Gasteiger partial charge < -0.3 is 26.3 Å². The zero-order valence-electron chi connectivity index (χ0n) is 21.0. The largest absolute Gasteiger partial charge is 0.404 e. The topological polar surface area (TPSA) is 111 Å². The number of anilines is 1. The molecular formula is C28H37N7. The number of likely N-dealkylation sites (tertiary alicyclic amines) is 1. The standard InChI is InChI=1S/C28H37N7/c1-32-16-22(15-29)20-8-9-25(30)24(13-20)28(31)27-14-21-12-19(7-10-26(21)33-27)17-34(2)18-23-6-4-5-11-35(23)3/h7-10,12-16,23,31,33H,4-6,11,17-18,29-30H2,1-3H3. The van der Waals surface area contributed by atoms with Crippen LogP contribution in [-0.4, -0.2) is 67.0 Å². The van der Waals surface area contributed by atoms with Gasteiger partial charge in [-0.15, -0.1) is 0 Å². The Morgan fingerprint density at radius 1 is 1.23 bits per heavy atom. The van der Waals surface area contributed by atoms with Crippen molar-refractivity contribution in [3.63, 3.8) is 0 Å². The Morgan fingerprint density at radius 2 is 2.06 bits per heavy atom. The molecule has 35 heavy (non-hydrogen) atoms. The van der Waals surface area contributed by atoms with Crippen molar-refractivity contribution in [1.29, 1.82) is 5.41 Å². The lowest BCUT2D eigenvalue weighted by molar-refractivity contribution is 0.138. The molecule has 0 spiro atoms. The molecule has 1 aliphatic rings. The summed E-state index contributed by atoms with van der Waals surface area (Å²) in [4.78, 5) is 12.4. The van der Waals surface area contributed by atoms with E-state index in [2.05, 4.69) is 52.1 Å². The van der Waals surface area contributed by atoms with Gasteiger partial charge >= 0.3 is 0 Å². The minimum atomic E-state index is 0.351. The molecule has 1 fully saturated rings. The Hall–Kier alpha value is -3.42. The lowest BCUT2D eigenvalue weighted by Gasteiger charge is -2.35. The number of hydrogen-bond acceptors (Lipinski definition) is 6. The molecule has 1 aromatic heterocycles. The van der Waals surface area contributed by atoms with Crippen LogP contribution in [0.1, 0.15) is 41.6 Å². The van der Waals surface area contributed by atoms with E-state index in [1.165, 1.54) is 37.6 Å². The molecule has 1 unspecified atom stereocenters. The smallest absolute Gasteiger partial charge is 0.0868 e. The maximum Gasteiger partial charge on any atom is 0.0868 e. The molecule has 0 bridgehead atoms. The molecule has 0 amide bonds. The van der Waals surface area contributed by atoms with E-state index in [1.807, 2.05) is 24.3 Å². The molecule has 0 aliphatic carbocycles. The third-order valence-corrected chi connectivity index (χ3v) is 6.95. The van der Waals surface area contributed by atoms with Gasteiger partial charge in [-0.25, -0.2) is 0 Å². The number of likely N-dealkylation sites (N-methyl/N-ethyl adjacent to an activating group) is 2. The third kappa shape index (κ3) is 5.63. The number of nitrogens with two attached hydrogens (primary N) is 2. The summed E-state index contributed by atoms with van der Waals surface area (Å²) < 4.78 is 0. The van der Waals surface area contributed by atoms with Crippen molar-refractivity contribution in [2.45, 2.75) is 31.8 Å². The van der Waals surface area contributed by atoms with Crippen LogP contribution in [0.4, 0.5) is 5.69 Å². The summed E-state index contributed by atoms with van der Waals surface area (Å²) in [6, 6.07) is 14.8. The molecular weight excluding hydrogens is 434 g/mol. The molecule has 6 N–H and O–H groups in total. The molecule has 4 rings (SSSR count). The first-order valence-electron chi connectivity index (χ1n) is 12.2. The van der Waals surface area contributed by atoms with E-state index in [-0.39, 0.29) is 0 Å². The Kier molecular flexibility index (Phi) is 7.68. The molecule has 1 atom stereocenters. The number of fused-ring (bicyclic) bond motifs is 1. The van der Waals surface area contributed by atoms with Crippen molar-refractivity contribution in [2.75, 3.05) is 40.0 Å². The second-order valence-electron chi connectivity index (χ2n) is 9.62. The maximum atomic E-state index is 8.86. The lowest BCUT2D eigenvalue weighted by Crippen LogP contribution is -2.43. The Labute approximate surface area is 208 Å². The Bertz CT molecular complexity index is 1250. The minimum absolute atomic E-state index is 0.351. The predicted octanol–water partition coefficient (Wildman–Crippen LogP) is 4.08. The van der Waals surface area contributed by atoms with Crippen molar-refractivity contribution >= 4 is 34.1 Å². The molecule has 0 saturated carbocycles. The summed E-state index contributed by atoms with van der Waals surface area (Å²) >= 11 is 0. The SMILES string of the molecule is CN=CC(=CN)c1ccc(N)c(C(=N)c2cc3cc(CN(C)CC4CCCCN4C)ccc3[nH]2)c1. The fraction of sp³-hybridized carbons (Fsp3) is 0.357. The number of hydrogen-bond donors (Lipinski definition) is 4. The maximum absolute atomic E-state index is 8.86. The molecule has 2 heterocycles. The summed E-state index contributed by atoms with van der Waals surface area (Å²) in [5, 5.41) is 9.96. The molecule has 7 nitrogen and oxygen atoms in total. The zero-order chi connectivity index (χ0) is 24.9. The normalized spacial score (nSPS) is 17.6. The molecule has 184 valence electrons. The number of nitrogen functional groups attached to an aromatic ring is 1. The van der Waals surface area contributed by atoms with Crippen LogP contribution in [0.3, 0.4) is 0 Å². The van der Waals surface area contributed by atoms with Gasteiger partial charge in [0.1, 0.15) is 0 Å². The van der Waals surface area contributed by atoms with Crippen LogP contribution in [0.2, 0.25) is 0 Å². The van der Waals surface area contributed by atoms with E-state index >= 15 is 0 Å². The highest BCUT2D eigenvalue weighted by Crippen LogP contribution is 2.25. The quantitative estimate of drug-likeness (QED) is 0.293.